The molecule has 0 amide bonds. The number of likely N-dealkylation sites (N-methyl/N-ethyl adjacent to an activating group) is 1. The fraction of sp³-hybridized carbons (Fsp3) is 0.500. The lowest BCUT2D eigenvalue weighted by Crippen LogP contribution is -3.14. The number of nitrogens with one attached hydrogen (secondary N) is 2. The summed E-state index contributed by atoms with van der Waals surface area (Å²) in [7, 11) is 0. The van der Waals surface area contributed by atoms with E-state index in [0.29, 0.717) is 21.8 Å². The van der Waals surface area contributed by atoms with E-state index < -0.39 is 5.76 Å². The molecule has 1 aliphatic heterocycles. The molecule has 1 fully saturated rings. The van der Waals surface area contributed by atoms with Crippen LogP contribution in [0.3, 0.4) is 0 Å². The number of hydrogen-bond acceptors (Lipinski definition) is 2. The minimum Gasteiger partial charge on any atom is -0.338 e. The van der Waals surface area contributed by atoms with Crippen molar-refractivity contribution in [1.29, 1.82) is 0 Å². The van der Waals surface area contributed by atoms with E-state index in [-0.39, 0.29) is 0 Å². The van der Waals surface area contributed by atoms with Gasteiger partial charge in [0.1, 0.15) is 0 Å². The second kappa shape index (κ2) is 7.91. The van der Waals surface area contributed by atoms with Crippen molar-refractivity contribution >= 4 is 34.8 Å². The lowest BCUT2D eigenvalue weighted by molar-refractivity contribution is -0.902. The fourth-order valence-electron chi connectivity index (χ4n) is 2.30. The third-order valence-electron chi connectivity index (χ3n) is 3.59. The Balaban J connectivity index is 1.85. The first-order valence-corrected chi connectivity index (χ1v) is 8.31. The van der Waals surface area contributed by atoms with Crippen molar-refractivity contribution in [3.8, 4) is 0 Å². The molecule has 2 rings (SSSR count). The minimum absolute atomic E-state index is 0.550. The largest absolute Gasteiger partial charge is 0.338 e. The van der Waals surface area contributed by atoms with Gasteiger partial charge in [-0.05, 0) is 43.4 Å². The highest BCUT2D eigenvalue weighted by molar-refractivity contribution is 7.99. The van der Waals surface area contributed by atoms with Crippen LogP contribution in [0.4, 0.5) is 14.5 Å². The van der Waals surface area contributed by atoms with E-state index >= 15 is 0 Å². The molecule has 0 aromatic heterocycles. The highest BCUT2D eigenvalue weighted by atomic mass is 32.2. The summed E-state index contributed by atoms with van der Waals surface area (Å²) in [5.74, 6) is -2.39. The van der Waals surface area contributed by atoms with Crippen molar-refractivity contribution < 1.29 is 13.7 Å². The van der Waals surface area contributed by atoms with Crippen LogP contribution in [-0.4, -0.2) is 48.5 Å². The number of anilines is 1. The first-order valence-electron chi connectivity index (χ1n) is 7.03. The first-order chi connectivity index (χ1) is 10.1. The standard InChI is InChI=1S/C14H19F2N3S2/c1-2-18-7-9-19(10-8-18)14(20)17-11-3-5-12(6-4-11)21-13(15)16/h3-6,13H,2,7-10H2,1H3,(H,17,20)/p+1. The van der Waals surface area contributed by atoms with Gasteiger partial charge in [0.25, 0.3) is 5.76 Å². The van der Waals surface area contributed by atoms with E-state index in [0.717, 1.165) is 38.4 Å². The Labute approximate surface area is 133 Å². The van der Waals surface area contributed by atoms with E-state index in [1.807, 2.05) is 0 Å². The van der Waals surface area contributed by atoms with Crippen LogP contribution in [-0.2, 0) is 0 Å². The highest BCUT2D eigenvalue weighted by Gasteiger charge is 2.20. The van der Waals surface area contributed by atoms with Crippen molar-refractivity contribution in [3.05, 3.63) is 24.3 Å². The van der Waals surface area contributed by atoms with Crippen LogP contribution in [0.25, 0.3) is 0 Å². The third-order valence-corrected chi connectivity index (χ3v) is 4.67. The zero-order valence-electron chi connectivity index (χ0n) is 11.9. The Morgan fingerprint density at radius 1 is 1.33 bits per heavy atom. The number of piperazine rings is 1. The van der Waals surface area contributed by atoms with E-state index in [9.17, 15) is 8.78 Å². The molecule has 3 nitrogen and oxygen atoms in total. The summed E-state index contributed by atoms with van der Waals surface area (Å²) in [5.41, 5.74) is 0.837. The summed E-state index contributed by atoms with van der Waals surface area (Å²) >= 11 is 5.96. The maximum Gasteiger partial charge on any atom is 0.288 e. The van der Waals surface area contributed by atoms with Gasteiger partial charge in [-0.25, -0.2) is 0 Å². The van der Waals surface area contributed by atoms with Gasteiger partial charge in [-0.2, -0.15) is 8.78 Å². The normalized spacial score (nSPS) is 16.3. The van der Waals surface area contributed by atoms with E-state index in [2.05, 4.69) is 17.1 Å². The average molecular weight is 332 g/mol. The summed E-state index contributed by atoms with van der Waals surface area (Å²) in [4.78, 5) is 4.32. The molecule has 0 aliphatic carbocycles. The van der Waals surface area contributed by atoms with Gasteiger partial charge in [0.2, 0.25) is 0 Å². The average Bonchev–Trinajstić information content (AvgIpc) is 2.49. The van der Waals surface area contributed by atoms with Crippen LogP contribution in [0.15, 0.2) is 29.2 Å². The van der Waals surface area contributed by atoms with Crippen molar-refractivity contribution in [1.82, 2.24) is 4.90 Å². The maximum absolute atomic E-state index is 12.3. The van der Waals surface area contributed by atoms with Gasteiger partial charge < -0.3 is 15.1 Å². The van der Waals surface area contributed by atoms with Gasteiger partial charge in [0, 0.05) is 10.6 Å². The number of thiocarbonyl (C=S) groups is 1. The summed E-state index contributed by atoms with van der Waals surface area (Å²) in [6.07, 6.45) is 0. The first kappa shape index (κ1) is 16.5. The summed E-state index contributed by atoms with van der Waals surface area (Å²) in [6.45, 7) is 7.45. The van der Waals surface area contributed by atoms with Crippen molar-refractivity contribution in [2.45, 2.75) is 17.6 Å². The minimum atomic E-state index is -2.39. The van der Waals surface area contributed by atoms with Crippen molar-refractivity contribution in [3.63, 3.8) is 0 Å². The molecule has 1 heterocycles. The molecule has 0 radical (unpaired) electrons. The molecule has 1 saturated heterocycles. The molecular formula is C14H20F2N3S2+. The van der Waals surface area contributed by atoms with E-state index in [1.54, 1.807) is 29.2 Å². The number of rotatable bonds is 4. The molecule has 2 N–H and O–H groups in total. The highest BCUT2D eigenvalue weighted by Crippen LogP contribution is 2.26. The van der Waals surface area contributed by atoms with Gasteiger partial charge in [0.15, 0.2) is 5.11 Å². The van der Waals surface area contributed by atoms with Crippen molar-refractivity contribution in [2.75, 3.05) is 38.0 Å². The second-order valence-corrected chi connectivity index (χ2v) is 6.37. The molecule has 0 saturated carbocycles. The molecule has 0 spiro atoms. The molecule has 1 aromatic rings. The quantitative estimate of drug-likeness (QED) is 0.648. The molecular weight excluding hydrogens is 312 g/mol. The molecule has 116 valence electrons. The van der Waals surface area contributed by atoms with Gasteiger partial charge >= 0.3 is 0 Å². The second-order valence-electron chi connectivity index (χ2n) is 4.92. The van der Waals surface area contributed by atoms with Crippen LogP contribution >= 0.6 is 24.0 Å². The van der Waals surface area contributed by atoms with E-state index in [4.69, 9.17) is 12.2 Å². The number of hydrogen-bond donors (Lipinski definition) is 2. The monoisotopic (exact) mass is 332 g/mol. The number of thioether (sulfide) groups is 1. The number of benzene rings is 1. The number of alkyl halides is 2. The van der Waals surface area contributed by atoms with Crippen LogP contribution in [0.1, 0.15) is 6.92 Å². The van der Waals surface area contributed by atoms with Gasteiger partial charge in [-0.3, -0.25) is 0 Å². The SMILES string of the molecule is CC[NH+]1CCN(C(=S)Nc2ccc(SC(F)F)cc2)CC1. The van der Waals surface area contributed by atoms with Crippen LogP contribution in [0.5, 0.6) is 0 Å². The zero-order valence-corrected chi connectivity index (χ0v) is 13.6. The number of halogens is 2. The lowest BCUT2D eigenvalue weighted by Gasteiger charge is -2.33. The predicted molar refractivity (Wildman–Crippen MR) is 87.3 cm³/mol. The Morgan fingerprint density at radius 2 is 1.95 bits per heavy atom. The number of quaternary nitrogens is 1. The maximum atomic E-state index is 12.3. The summed E-state index contributed by atoms with van der Waals surface area (Å²) in [6, 6.07) is 6.93. The Hall–Kier alpha value is -0.920. The molecule has 0 bridgehead atoms. The lowest BCUT2D eigenvalue weighted by atomic mass is 10.3. The molecule has 0 unspecified atom stereocenters. The van der Waals surface area contributed by atoms with Gasteiger partial charge in [-0.15, -0.1) is 0 Å². The molecule has 0 atom stereocenters. The third kappa shape index (κ3) is 5.09. The molecule has 21 heavy (non-hydrogen) atoms. The van der Waals surface area contributed by atoms with Crippen LogP contribution in [0, 0.1) is 0 Å². The van der Waals surface area contributed by atoms with Crippen molar-refractivity contribution in [2.24, 2.45) is 0 Å². The zero-order chi connectivity index (χ0) is 15.2. The predicted octanol–water partition coefficient (Wildman–Crippen LogP) is 1.92. The summed E-state index contributed by atoms with van der Waals surface area (Å²) in [5, 5.41) is 3.88. The fourth-order valence-corrected chi connectivity index (χ4v) is 3.10. The molecule has 1 aromatic carbocycles. The molecule has 1 aliphatic rings. The number of nitrogens with zero attached hydrogens (tertiary/aromatic N) is 1. The Kier molecular flexibility index (Phi) is 6.20. The topological polar surface area (TPSA) is 19.7 Å². The smallest absolute Gasteiger partial charge is 0.288 e. The Bertz CT molecular complexity index is 460. The molecule has 7 heteroatoms. The van der Waals surface area contributed by atoms with Crippen LogP contribution < -0.4 is 10.2 Å². The van der Waals surface area contributed by atoms with Gasteiger partial charge in [-0.1, -0.05) is 11.8 Å². The summed E-state index contributed by atoms with van der Waals surface area (Å²) < 4.78 is 24.5. The van der Waals surface area contributed by atoms with Crippen LogP contribution in [0.2, 0.25) is 0 Å². The van der Waals surface area contributed by atoms with E-state index in [1.165, 1.54) is 0 Å². The Morgan fingerprint density at radius 3 is 2.48 bits per heavy atom. The van der Waals surface area contributed by atoms with Gasteiger partial charge in [0.05, 0.1) is 32.7 Å².